The number of ketones is 1. The molecule has 0 aromatic heterocycles. The number of benzene rings is 1. The second-order valence-electron chi connectivity index (χ2n) is 4.92. The van der Waals surface area contributed by atoms with E-state index in [9.17, 15) is 9.59 Å². The highest BCUT2D eigenvalue weighted by atomic mass is 16.2. The smallest absolute Gasteiger partial charge is 0.223 e. The lowest BCUT2D eigenvalue weighted by atomic mass is 10.0. The second kappa shape index (κ2) is 5.80. The van der Waals surface area contributed by atoms with Crippen molar-refractivity contribution in [2.45, 2.75) is 26.2 Å². The monoisotopic (exact) mass is 245 g/mol. The van der Waals surface area contributed by atoms with Gasteiger partial charge in [0, 0.05) is 18.5 Å². The van der Waals surface area contributed by atoms with Gasteiger partial charge in [-0.2, -0.15) is 0 Å². The topological polar surface area (TPSA) is 37.4 Å². The molecule has 0 aliphatic carbocycles. The zero-order valence-electron chi connectivity index (χ0n) is 10.8. The van der Waals surface area contributed by atoms with Crippen molar-refractivity contribution in [3.63, 3.8) is 0 Å². The molecular weight excluding hydrogens is 226 g/mol. The van der Waals surface area contributed by atoms with Gasteiger partial charge in [0.25, 0.3) is 0 Å². The molecule has 0 N–H and O–H groups in total. The number of Topliss-reactive ketones (excluding diaryl/α,β-unsaturated/α-hetero) is 1. The lowest BCUT2D eigenvalue weighted by molar-refractivity contribution is -0.127. The number of carbonyl (C=O) groups is 2. The van der Waals surface area contributed by atoms with Gasteiger partial charge in [-0.3, -0.25) is 9.59 Å². The fraction of sp³-hybridized carbons (Fsp3) is 0.467. The van der Waals surface area contributed by atoms with Crippen LogP contribution in [0.1, 0.15) is 36.5 Å². The average molecular weight is 245 g/mol. The zero-order valence-corrected chi connectivity index (χ0v) is 10.8. The van der Waals surface area contributed by atoms with Gasteiger partial charge >= 0.3 is 0 Å². The Bertz CT molecular complexity index is 427. The summed E-state index contributed by atoms with van der Waals surface area (Å²) < 4.78 is 0. The van der Waals surface area contributed by atoms with Gasteiger partial charge < -0.3 is 4.90 Å². The van der Waals surface area contributed by atoms with E-state index < -0.39 is 0 Å². The molecule has 1 aliphatic heterocycles. The van der Waals surface area contributed by atoms with Crippen molar-refractivity contribution in [1.29, 1.82) is 0 Å². The van der Waals surface area contributed by atoms with E-state index in [1.165, 1.54) is 0 Å². The van der Waals surface area contributed by atoms with Gasteiger partial charge in [0.1, 0.15) is 0 Å². The van der Waals surface area contributed by atoms with Crippen LogP contribution in [0.4, 0.5) is 0 Å². The maximum Gasteiger partial charge on any atom is 0.223 e. The Labute approximate surface area is 108 Å². The third kappa shape index (κ3) is 2.97. The number of hydrogen-bond acceptors (Lipinski definition) is 2. The maximum absolute atomic E-state index is 12.0. The minimum atomic E-state index is 0.0288. The van der Waals surface area contributed by atoms with Crippen molar-refractivity contribution in [2.24, 2.45) is 5.92 Å². The third-order valence-electron chi connectivity index (χ3n) is 3.42. The van der Waals surface area contributed by atoms with Crippen LogP contribution in [-0.4, -0.2) is 29.7 Å². The van der Waals surface area contributed by atoms with Crippen molar-refractivity contribution in [2.75, 3.05) is 13.1 Å². The fourth-order valence-corrected chi connectivity index (χ4v) is 2.50. The van der Waals surface area contributed by atoms with Gasteiger partial charge in [-0.15, -0.1) is 0 Å². The molecule has 3 heteroatoms. The van der Waals surface area contributed by atoms with Gasteiger partial charge in [0.05, 0.1) is 6.54 Å². The lowest BCUT2D eigenvalue weighted by Gasteiger charge is -2.15. The Morgan fingerprint density at radius 2 is 2.06 bits per heavy atom. The molecule has 1 aliphatic rings. The van der Waals surface area contributed by atoms with Gasteiger partial charge in [-0.05, 0) is 12.3 Å². The highest BCUT2D eigenvalue weighted by Crippen LogP contribution is 2.22. The van der Waals surface area contributed by atoms with E-state index in [2.05, 4.69) is 6.92 Å². The first-order valence-corrected chi connectivity index (χ1v) is 6.56. The summed E-state index contributed by atoms with van der Waals surface area (Å²) in [6, 6.07) is 9.17. The molecule has 1 atom stereocenters. The van der Waals surface area contributed by atoms with Gasteiger partial charge in [0.15, 0.2) is 5.78 Å². The molecule has 0 spiro atoms. The molecular formula is C15H19NO2. The van der Waals surface area contributed by atoms with Crippen molar-refractivity contribution in [3.05, 3.63) is 35.9 Å². The largest absolute Gasteiger partial charge is 0.335 e. The molecule has 3 nitrogen and oxygen atoms in total. The first-order chi connectivity index (χ1) is 8.70. The molecule has 1 aromatic rings. The number of hydrogen-bond donors (Lipinski definition) is 0. The zero-order chi connectivity index (χ0) is 13.0. The van der Waals surface area contributed by atoms with Gasteiger partial charge in [-0.1, -0.05) is 43.7 Å². The first-order valence-electron chi connectivity index (χ1n) is 6.56. The predicted molar refractivity (Wildman–Crippen MR) is 70.4 cm³/mol. The van der Waals surface area contributed by atoms with Crippen LogP contribution in [0.3, 0.4) is 0 Å². The van der Waals surface area contributed by atoms with Crippen LogP contribution in [0.2, 0.25) is 0 Å². The highest BCUT2D eigenvalue weighted by Gasteiger charge is 2.30. The summed E-state index contributed by atoms with van der Waals surface area (Å²) in [6.07, 6.45) is 2.77. The van der Waals surface area contributed by atoms with Crippen LogP contribution in [0, 0.1) is 5.92 Å². The van der Waals surface area contributed by atoms with E-state index in [0.717, 1.165) is 19.4 Å². The van der Waals surface area contributed by atoms with E-state index in [1.54, 1.807) is 17.0 Å². The second-order valence-corrected chi connectivity index (χ2v) is 4.92. The van der Waals surface area contributed by atoms with Crippen molar-refractivity contribution >= 4 is 11.7 Å². The summed E-state index contributed by atoms with van der Waals surface area (Å²) in [5.74, 6) is 0.588. The molecule has 18 heavy (non-hydrogen) atoms. The minimum absolute atomic E-state index is 0.0288. The molecule has 1 fully saturated rings. The molecule has 2 rings (SSSR count). The lowest BCUT2D eigenvalue weighted by Crippen LogP contribution is -2.31. The van der Waals surface area contributed by atoms with Crippen molar-refractivity contribution in [1.82, 2.24) is 4.90 Å². The average Bonchev–Trinajstić information content (AvgIpc) is 2.71. The first kappa shape index (κ1) is 12.8. The number of carbonyl (C=O) groups excluding carboxylic acids is 2. The van der Waals surface area contributed by atoms with Gasteiger partial charge in [-0.25, -0.2) is 0 Å². The summed E-state index contributed by atoms with van der Waals surface area (Å²) in [5.41, 5.74) is 0.684. The SMILES string of the molecule is CCCC1CC(=O)N(CC(=O)c2ccccc2)C1. The third-order valence-corrected chi connectivity index (χ3v) is 3.42. The van der Waals surface area contributed by atoms with E-state index in [4.69, 9.17) is 0 Å². The molecule has 1 saturated heterocycles. The molecule has 1 aromatic carbocycles. The van der Waals surface area contributed by atoms with Crippen molar-refractivity contribution in [3.8, 4) is 0 Å². The van der Waals surface area contributed by atoms with Crippen LogP contribution < -0.4 is 0 Å². The number of nitrogens with zero attached hydrogens (tertiary/aromatic N) is 1. The molecule has 0 saturated carbocycles. The molecule has 1 unspecified atom stereocenters. The Morgan fingerprint density at radius 3 is 2.72 bits per heavy atom. The molecule has 1 heterocycles. The fourth-order valence-electron chi connectivity index (χ4n) is 2.50. The Balaban J connectivity index is 1.94. The molecule has 96 valence electrons. The predicted octanol–water partition coefficient (Wildman–Crippen LogP) is 2.52. The van der Waals surface area contributed by atoms with Crippen LogP contribution in [-0.2, 0) is 4.79 Å². The quantitative estimate of drug-likeness (QED) is 0.747. The molecule has 1 amide bonds. The van der Waals surface area contributed by atoms with E-state index in [1.807, 2.05) is 18.2 Å². The summed E-state index contributed by atoms with van der Waals surface area (Å²) in [4.78, 5) is 25.5. The normalized spacial score (nSPS) is 19.3. The standard InChI is InChI=1S/C15H19NO2/c1-2-6-12-9-15(18)16(10-12)11-14(17)13-7-4-3-5-8-13/h3-5,7-8,12H,2,6,9-11H2,1H3. The summed E-state index contributed by atoms with van der Waals surface area (Å²) in [5, 5.41) is 0. The van der Waals surface area contributed by atoms with E-state index in [-0.39, 0.29) is 18.2 Å². The van der Waals surface area contributed by atoms with Crippen molar-refractivity contribution < 1.29 is 9.59 Å². The Kier molecular flexibility index (Phi) is 4.13. The number of amides is 1. The Hall–Kier alpha value is -1.64. The van der Waals surface area contributed by atoms with Crippen LogP contribution in [0.25, 0.3) is 0 Å². The number of likely N-dealkylation sites (tertiary alicyclic amines) is 1. The minimum Gasteiger partial charge on any atom is -0.335 e. The summed E-state index contributed by atoms with van der Waals surface area (Å²) in [6.45, 7) is 3.09. The summed E-state index contributed by atoms with van der Waals surface area (Å²) in [7, 11) is 0. The van der Waals surface area contributed by atoms with E-state index >= 15 is 0 Å². The van der Waals surface area contributed by atoms with Gasteiger partial charge in [0.2, 0.25) is 5.91 Å². The summed E-state index contributed by atoms with van der Waals surface area (Å²) >= 11 is 0. The van der Waals surface area contributed by atoms with Crippen LogP contribution in [0.5, 0.6) is 0 Å². The van der Waals surface area contributed by atoms with Crippen LogP contribution >= 0.6 is 0 Å². The van der Waals surface area contributed by atoms with Crippen LogP contribution in [0.15, 0.2) is 30.3 Å². The number of rotatable bonds is 5. The highest BCUT2D eigenvalue weighted by molar-refractivity contribution is 5.99. The maximum atomic E-state index is 12.0. The van der Waals surface area contributed by atoms with E-state index in [0.29, 0.717) is 17.9 Å². The Morgan fingerprint density at radius 1 is 1.33 bits per heavy atom. The molecule has 0 radical (unpaired) electrons. The molecule has 0 bridgehead atoms.